The second-order valence-corrected chi connectivity index (χ2v) is 7.24. The Morgan fingerprint density at radius 2 is 1.96 bits per heavy atom. The molecular formula is C21H24BrFN2O3. The fourth-order valence-electron chi connectivity index (χ4n) is 2.65. The fourth-order valence-corrected chi connectivity index (χ4v) is 2.90. The van der Waals surface area contributed by atoms with Crippen molar-refractivity contribution < 1.29 is 18.7 Å². The van der Waals surface area contributed by atoms with Gasteiger partial charge < -0.3 is 15.0 Å². The number of carbonyl (C=O) groups is 2. The van der Waals surface area contributed by atoms with Crippen molar-refractivity contribution in [3.63, 3.8) is 0 Å². The number of nitrogens with zero attached hydrogens (tertiary/aromatic N) is 1. The van der Waals surface area contributed by atoms with Crippen molar-refractivity contribution in [1.29, 1.82) is 0 Å². The predicted octanol–water partition coefficient (Wildman–Crippen LogP) is 3.83. The first-order valence-electron chi connectivity index (χ1n) is 9.03. The van der Waals surface area contributed by atoms with Gasteiger partial charge in [0.2, 0.25) is 5.91 Å². The molecule has 2 amide bonds. The Bertz CT molecular complexity index is 844. The van der Waals surface area contributed by atoms with Crippen molar-refractivity contribution in [2.24, 2.45) is 0 Å². The van der Waals surface area contributed by atoms with E-state index in [1.54, 1.807) is 38.1 Å². The molecule has 0 bridgehead atoms. The van der Waals surface area contributed by atoms with Crippen molar-refractivity contribution in [3.8, 4) is 5.75 Å². The molecule has 0 aliphatic rings. The molecule has 0 aliphatic heterocycles. The summed E-state index contributed by atoms with van der Waals surface area (Å²) in [6, 6.07) is 10.8. The van der Waals surface area contributed by atoms with Gasteiger partial charge in [0.1, 0.15) is 17.6 Å². The minimum absolute atomic E-state index is 0.0213. The van der Waals surface area contributed by atoms with E-state index in [0.717, 1.165) is 10.0 Å². The van der Waals surface area contributed by atoms with Crippen LogP contribution < -0.4 is 10.1 Å². The maximum atomic E-state index is 14.1. The van der Waals surface area contributed by atoms with E-state index in [0.29, 0.717) is 17.9 Å². The molecule has 2 rings (SSSR count). The van der Waals surface area contributed by atoms with Gasteiger partial charge in [0, 0.05) is 23.1 Å². The van der Waals surface area contributed by atoms with E-state index in [2.05, 4.69) is 21.2 Å². The maximum Gasteiger partial charge on any atom is 0.261 e. The van der Waals surface area contributed by atoms with Crippen LogP contribution in [0.3, 0.4) is 0 Å². The molecule has 0 radical (unpaired) electrons. The highest BCUT2D eigenvalue weighted by atomic mass is 79.9. The lowest BCUT2D eigenvalue weighted by Gasteiger charge is -2.28. The normalized spacial score (nSPS) is 11.6. The summed E-state index contributed by atoms with van der Waals surface area (Å²) in [5, 5.41) is 2.70. The summed E-state index contributed by atoms with van der Waals surface area (Å²) >= 11 is 3.42. The molecule has 150 valence electrons. The van der Waals surface area contributed by atoms with Gasteiger partial charge in [-0.3, -0.25) is 9.59 Å². The minimum Gasteiger partial charge on any atom is -0.484 e. The molecule has 0 unspecified atom stereocenters. The molecule has 0 aromatic heterocycles. The van der Waals surface area contributed by atoms with Gasteiger partial charge in [0.15, 0.2) is 6.61 Å². The SMILES string of the molecule is CCNC(=O)[C@@H](C)N(Cc1ccccc1F)C(=O)COc1ccc(Br)c(C)c1. The van der Waals surface area contributed by atoms with Crippen molar-refractivity contribution in [3.05, 3.63) is 63.9 Å². The molecule has 7 heteroatoms. The third kappa shape index (κ3) is 5.79. The topological polar surface area (TPSA) is 58.6 Å². The average Bonchev–Trinajstić information content (AvgIpc) is 2.67. The van der Waals surface area contributed by atoms with Crippen molar-refractivity contribution >= 4 is 27.7 Å². The lowest BCUT2D eigenvalue weighted by molar-refractivity contribution is -0.142. The van der Waals surface area contributed by atoms with Crippen LogP contribution in [0.4, 0.5) is 4.39 Å². The molecule has 5 nitrogen and oxygen atoms in total. The van der Waals surface area contributed by atoms with Crippen LogP contribution in [0.15, 0.2) is 46.9 Å². The van der Waals surface area contributed by atoms with Gasteiger partial charge in [-0.2, -0.15) is 0 Å². The smallest absolute Gasteiger partial charge is 0.261 e. The molecule has 1 N–H and O–H groups in total. The maximum absolute atomic E-state index is 14.1. The number of likely N-dealkylation sites (N-methyl/N-ethyl adjacent to an activating group) is 1. The predicted molar refractivity (Wildman–Crippen MR) is 109 cm³/mol. The van der Waals surface area contributed by atoms with E-state index in [9.17, 15) is 14.0 Å². The molecule has 0 heterocycles. The standard InChI is InChI=1S/C21H24BrFN2O3/c1-4-24-21(27)15(3)25(12-16-7-5-6-8-19(16)23)20(26)13-28-17-9-10-18(22)14(2)11-17/h5-11,15H,4,12-13H2,1-3H3,(H,24,27)/t15-/m1/s1. The summed E-state index contributed by atoms with van der Waals surface area (Å²) < 4.78 is 20.6. The molecule has 0 aliphatic carbocycles. The van der Waals surface area contributed by atoms with Gasteiger partial charge in [0.25, 0.3) is 5.91 Å². The molecule has 0 saturated carbocycles. The third-order valence-corrected chi connectivity index (χ3v) is 5.20. The monoisotopic (exact) mass is 450 g/mol. The zero-order valence-corrected chi connectivity index (χ0v) is 17.8. The summed E-state index contributed by atoms with van der Waals surface area (Å²) in [7, 11) is 0. The summed E-state index contributed by atoms with van der Waals surface area (Å²) in [4.78, 5) is 26.4. The Kier molecular flexibility index (Phi) is 7.99. The van der Waals surface area contributed by atoms with Crippen LogP contribution in [0, 0.1) is 12.7 Å². The highest BCUT2D eigenvalue weighted by Crippen LogP contribution is 2.22. The molecule has 0 saturated heterocycles. The first-order chi connectivity index (χ1) is 13.3. The number of nitrogens with one attached hydrogen (secondary N) is 1. The van der Waals surface area contributed by atoms with E-state index >= 15 is 0 Å². The molecular weight excluding hydrogens is 427 g/mol. The highest BCUT2D eigenvalue weighted by Gasteiger charge is 2.27. The van der Waals surface area contributed by atoms with Crippen LogP contribution >= 0.6 is 15.9 Å². The summed E-state index contributed by atoms with van der Waals surface area (Å²) in [5.74, 6) is -0.576. The zero-order chi connectivity index (χ0) is 20.7. The van der Waals surface area contributed by atoms with Crippen LogP contribution in [-0.2, 0) is 16.1 Å². The number of carbonyl (C=O) groups excluding carboxylic acids is 2. The Morgan fingerprint density at radius 1 is 1.25 bits per heavy atom. The summed E-state index contributed by atoms with van der Waals surface area (Å²) in [5.41, 5.74) is 1.32. The lowest BCUT2D eigenvalue weighted by Crippen LogP contribution is -2.49. The lowest BCUT2D eigenvalue weighted by atomic mass is 10.1. The van der Waals surface area contributed by atoms with Crippen LogP contribution in [0.25, 0.3) is 0 Å². The van der Waals surface area contributed by atoms with Crippen LogP contribution in [-0.4, -0.2) is 35.9 Å². The zero-order valence-electron chi connectivity index (χ0n) is 16.2. The number of amides is 2. The Hall–Kier alpha value is -2.41. The van der Waals surface area contributed by atoms with E-state index in [4.69, 9.17) is 4.74 Å². The number of hydrogen-bond donors (Lipinski definition) is 1. The number of benzene rings is 2. The van der Waals surface area contributed by atoms with Crippen molar-refractivity contribution in [2.75, 3.05) is 13.2 Å². The number of ether oxygens (including phenoxy) is 1. The first-order valence-corrected chi connectivity index (χ1v) is 9.82. The van der Waals surface area contributed by atoms with E-state index in [-0.39, 0.29) is 19.1 Å². The van der Waals surface area contributed by atoms with E-state index < -0.39 is 17.8 Å². The van der Waals surface area contributed by atoms with E-state index in [1.807, 2.05) is 19.1 Å². The fraction of sp³-hybridized carbons (Fsp3) is 0.333. The minimum atomic E-state index is -0.762. The van der Waals surface area contributed by atoms with Gasteiger partial charge in [-0.25, -0.2) is 4.39 Å². The second kappa shape index (κ2) is 10.2. The van der Waals surface area contributed by atoms with Crippen molar-refractivity contribution in [1.82, 2.24) is 10.2 Å². The Morgan fingerprint density at radius 3 is 2.61 bits per heavy atom. The van der Waals surface area contributed by atoms with Gasteiger partial charge in [-0.05, 0) is 50.6 Å². The number of hydrogen-bond acceptors (Lipinski definition) is 3. The molecule has 28 heavy (non-hydrogen) atoms. The highest BCUT2D eigenvalue weighted by molar-refractivity contribution is 9.10. The quantitative estimate of drug-likeness (QED) is 0.664. The van der Waals surface area contributed by atoms with Crippen LogP contribution in [0.2, 0.25) is 0 Å². The number of rotatable bonds is 8. The molecule has 2 aromatic carbocycles. The molecule has 2 aromatic rings. The van der Waals surface area contributed by atoms with Gasteiger partial charge in [0.05, 0.1) is 0 Å². The molecule has 1 atom stereocenters. The van der Waals surface area contributed by atoms with Crippen LogP contribution in [0.5, 0.6) is 5.75 Å². The van der Waals surface area contributed by atoms with Crippen molar-refractivity contribution in [2.45, 2.75) is 33.4 Å². The molecule has 0 spiro atoms. The molecule has 0 fully saturated rings. The summed E-state index contributed by atoms with van der Waals surface area (Å²) in [6.07, 6.45) is 0. The Labute approximate surface area is 173 Å². The number of aryl methyl sites for hydroxylation is 1. The third-order valence-electron chi connectivity index (χ3n) is 4.31. The van der Waals surface area contributed by atoms with Gasteiger partial charge >= 0.3 is 0 Å². The largest absolute Gasteiger partial charge is 0.484 e. The second-order valence-electron chi connectivity index (χ2n) is 6.38. The number of halogens is 2. The first kappa shape index (κ1) is 21.9. The van der Waals surface area contributed by atoms with Crippen LogP contribution in [0.1, 0.15) is 25.0 Å². The Balaban J connectivity index is 2.16. The van der Waals surface area contributed by atoms with Gasteiger partial charge in [-0.15, -0.1) is 0 Å². The van der Waals surface area contributed by atoms with Gasteiger partial charge in [-0.1, -0.05) is 34.1 Å². The summed E-state index contributed by atoms with van der Waals surface area (Å²) in [6.45, 7) is 5.51. The average molecular weight is 451 g/mol. The van der Waals surface area contributed by atoms with E-state index in [1.165, 1.54) is 11.0 Å².